The molecule has 3 atom stereocenters. The van der Waals surface area contributed by atoms with Crippen LogP contribution < -0.4 is 10.6 Å². The van der Waals surface area contributed by atoms with E-state index in [2.05, 4.69) is 11.9 Å². The van der Waals surface area contributed by atoms with E-state index in [1.54, 1.807) is 6.07 Å². The van der Waals surface area contributed by atoms with Crippen molar-refractivity contribution in [1.29, 1.82) is 0 Å². The maximum Gasteiger partial charge on any atom is 0.116 e. The molecule has 3 N–H and O–H groups in total. The van der Waals surface area contributed by atoms with E-state index in [0.717, 1.165) is 5.56 Å². The Morgan fingerprint density at radius 1 is 1.22 bits per heavy atom. The van der Waals surface area contributed by atoms with Crippen LogP contribution in [0.5, 0.6) is 5.75 Å². The number of hydrogen-bond donors (Lipinski definition) is 2. The van der Waals surface area contributed by atoms with Gasteiger partial charge in [-0.15, -0.1) is 0 Å². The lowest BCUT2D eigenvalue weighted by molar-refractivity contribution is 0.310. The molecule has 18 heavy (non-hydrogen) atoms. The van der Waals surface area contributed by atoms with Crippen molar-refractivity contribution in [3.05, 3.63) is 23.8 Å². The second-order valence-corrected chi connectivity index (χ2v) is 5.75. The second kappa shape index (κ2) is 4.47. The molecule has 3 unspecified atom stereocenters. The van der Waals surface area contributed by atoms with Gasteiger partial charge in [-0.05, 0) is 42.5 Å². The van der Waals surface area contributed by atoms with Crippen LogP contribution in [0.4, 0.5) is 5.69 Å². The van der Waals surface area contributed by atoms with Crippen molar-refractivity contribution in [2.24, 2.45) is 11.7 Å². The van der Waals surface area contributed by atoms with Gasteiger partial charge in [0, 0.05) is 24.8 Å². The highest BCUT2D eigenvalue weighted by molar-refractivity contribution is 5.60. The molecule has 0 aromatic heterocycles. The fraction of sp³-hybridized carbons (Fsp3) is 0.600. The van der Waals surface area contributed by atoms with Crippen molar-refractivity contribution in [3.8, 4) is 5.75 Å². The van der Waals surface area contributed by atoms with Crippen LogP contribution in [0.3, 0.4) is 0 Å². The smallest absolute Gasteiger partial charge is 0.116 e. The molecule has 0 saturated heterocycles. The van der Waals surface area contributed by atoms with E-state index in [0.29, 0.717) is 17.7 Å². The Hall–Kier alpha value is -1.22. The highest BCUT2D eigenvalue weighted by Gasteiger charge is 2.38. The number of nitrogens with two attached hydrogens (primary N) is 1. The molecule has 1 aromatic rings. The predicted octanol–water partition coefficient (Wildman–Crippen LogP) is 2.79. The van der Waals surface area contributed by atoms with Gasteiger partial charge in [0.05, 0.1) is 0 Å². The van der Waals surface area contributed by atoms with E-state index in [1.807, 2.05) is 12.1 Å². The van der Waals surface area contributed by atoms with Gasteiger partial charge in [-0.1, -0.05) is 19.3 Å². The normalized spacial score (nSPS) is 31.4. The highest BCUT2D eigenvalue weighted by Crippen LogP contribution is 2.44. The fourth-order valence-corrected chi connectivity index (χ4v) is 3.76. The molecule has 1 heterocycles. The molecule has 1 aliphatic heterocycles. The third-order valence-electron chi connectivity index (χ3n) is 4.74. The first-order valence-corrected chi connectivity index (χ1v) is 7.00. The van der Waals surface area contributed by atoms with Crippen LogP contribution in [0.1, 0.15) is 43.7 Å². The minimum absolute atomic E-state index is 0.0754. The van der Waals surface area contributed by atoms with E-state index in [-0.39, 0.29) is 6.04 Å². The summed E-state index contributed by atoms with van der Waals surface area (Å²) in [5, 5.41) is 9.67. The number of benzene rings is 1. The summed E-state index contributed by atoms with van der Waals surface area (Å²) in [4.78, 5) is 2.38. The van der Waals surface area contributed by atoms with E-state index >= 15 is 0 Å². The summed E-state index contributed by atoms with van der Waals surface area (Å²) < 4.78 is 0. The molecule has 0 amide bonds. The second-order valence-electron chi connectivity index (χ2n) is 5.75. The molecule has 0 radical (unpaired) electrons. The molecule has 2 aliphatic rings. The molecule has 3 rings (SSSR count). The van der Waals surface area contributed by atoms with Gasteiger partial charge < -0.3 is 15.7 Å². The lowest BCUT2D eigenvalue weighted by Gasteiger charge is -2.44. The van der Waals surface area contributed by atoms with Gasteiger partial charge in [0.2, 0.25) is 0 Å². The minimum Gasteiger partial charge on any atom is -0.508 e. The van der Waals surface area contributed by atoms with Gasteiger partial charge >= 0.3 is 0 Å². The summed E-state index contributed by atoms with van der Waals surface area (Å²) in [7, 11) is 2.17. The zero-order valence-electron chi connectivity index (χ0n) is 11.0. The van der Waals surface area contributed by atoms with E-state index < -0.39 is 0 Å². The quantitative estimate of drug-likeness (QED) is 0.740. The molecular formula is C15H22N2O. The van der Waals surface area contributed by atoms with Gasteiger partial charge in [-0.25, -0.2) is 0 Å². The first-order valence-electron chi connectivity index (χ1n) is 7.00. The van der Waals surface area contributed by atoms with Crippen molar-refractivity contribution in [2.45, 2.75) is 44.2 Å². The van der Waals surface area contributed by atoms with Gasteiger partial charge in [0.25, 0.3) is 0 Å². The number of phenolic OH excluding ortho intramolecular Hbond substituents is 1. The van der Waals surface area contributed by atoms with Crippen molar-refractivity contribution in [1.82, 2.24) is 0 Å². The number of anilines is 1. The fourth-order valence-electron chi connectivity index (χ4n) is 3.76. The summed E-state index contributed by atoms with van der Waals surface area (Å²) >= 11 is 0. The number of rotatable bonds is 0. The minimum atomic E-state index is 0.0754. The molecule has 98 valence electrons. The number of aromatic hydroxyl groups is 1. The van der Waals surface area contributed by atoms with E-state index in [4.69, 9.17) is 5.73 Å². The van der Waals surface area contributed by atoms with Gasteiger partial charge in [-0.3, -0.25) is 0 Å². The largest absolute Gasteiger partial charge is 0.508 e. The van der Waals surface area contributed by atoms with Crippen molar-refractivity contribution in [2.75, 3.05) is 11.9 Å². The Morgan fingerprint density at radius 2 is 2.00 bits per heavy atom. The van der Waals surface area contributed by atoms with Gasteiger partial charge in [0.1, 0.15) is 5.75 Å². The van der Waals surface area contributed by atoms with Crippen LogP contribution in [-0.2, 0) is 0 Å². The molecule has 1 fully saturated rings. The third-order valence-corrected chi connectivity index (χ3v) is 4.74. The lowest BCUT2D eigenvalue weighted by Crippen LogP contribution is -2.46. The standard InChI is InChI=1S/C15H22N2O/c1-17-13-6-4-2-3-5-11(13)15(16)12-9-10(18)7-8-14(12)17/h7-9,11,13,15,18H,2-6,16H2,1H3. The van der Waals surface area contributed by atoms with Crippen molar-refractivity contribution >= 4 is 5.69 Å². The van der Waals surface area contributed by atoms with Crippen LogP contribution >= 0.6 is 0 Å². The van der Waals surface area contributed by atoms with E-state index in [9.17, 15) is 5.11 Å². The first-order chi connectivity index (χ1) is 8.68. The Bertz CT molecular complexity index is 446. The average Bonchev–Trinajstić information content (AvgIpc) is 2.61. The molecule has 1 saturated carbocycles. The van der Waals surface area contributed by atoms with Crippen molar-refractivity contribution < 1.29 is 5.11 Å². The maximum absolute atomic E-state index is 9.67. The Morgan fingerprint density at radius 3 is 2.83 bits per heavy atom. The number of phenols is 1. The Kier molecular flexibility index (Phi) is 2.94. The summed E-state index contributed by atoms with van der Waals surface area (Å²) in [5.74, 6) is 0.858. The number of nitrogens with zero attached hydrogens (tertiary/aromatic N) is 1. The Balaban J connectivity index is 2.04. The topological polar surface area (TPSA) is 49.5 Å². The summed E-state index contributed by atoms with van der Waals surface area (Å²) in [6.07, 6.45) is 6.39. The number of hydrogen-bond acceptors (Lipinski definition) is 3. The molecule has 3 heteroatoms. The SMILES string of the molecule is CN1c2ccc(O)cc2C(N)C2CCCCCC21. The Labute approximate surface area is 109 Å². The molecule has 1 aromatic carbocycles. The first kappa shape index (κ1) is 11.8. The molecular weight excluding hydrogens is 224 g/mol. The molecule has 3 nitrogen and oxygen atoms in total. The zero-order valence-corrected chi connectivity index (χ0v) is 11.0. The molecule has 0 bridgehead atoms. The zero-order chi connectivity index (χ0) is 12.7. The van der Waals surface area contributed by atoms with Crippen molar-refractivity contribution in [3.63, 3.8) is 0 Å². The molecule has 1 aliphatic carbocycles. The molecule has 0 spiro atoms. The van der Waals surface area contributed by atoms with Gasteiger partial charge in [0.15, 0.2) is 0 Å². The van der Waals surface area contributed by atoms with Crippen LogP contribution in [-0.4, -0.2) is 18.2 Å². The van der Waals surface area contributed by atoms with Crippen LogP contribution in [0.15, 0.2) is 18.2 Å². The maximum atomic E-state index is 9.67. The van der Waals surface area contributed by atoms with Crippen LogP contribution in [0.2, 0.25) is 0 Å². The highest BCUT2D eigenvalue weighted by atomic mass is 16.3. The number of fused-ring (bicyclic) bond motifs is 2. The van der Waals surface area contributed by atoms with Crippen LogP contribution in [0.25, 0.3) is 0 Å². The lowest BCUT2D eigenvalue weighted by atomic mass is 9.79. The summed E-state index contributed by atoms with van der Waals surface area (Å²) in [5.41, 5.74) is 8.77. The van der Waals surface area contributed by atoms with Gasteiger partial charge in [-0.2, -0.15) is 0 Å². The monoisotopic (exact) mass is 246 g/mol. The van der Waals surface area contributed by atoms with E-state index in [1.165, 1.54) is 37.8 Å². The third kappa shape index (κ3) is 1.77. The van der Waals surface area contributed by atoms with Crippen LogP contribution in [0, 0.1) is 5.92 Å². The predicted molar refractivity (Wildman–Crippen MR) is 73.8 cm³/mol. The average molecular weight is 246 g/mol. The summed E-state index contributed by atoms with van der Waals surface area (Å²) in [6, 6.07) is 6.26. The summed E-state index contributed by atoms with van der Waals surface area (Å²) in [6.45, 7) is 0.